The Hall–Kier alpha value is -1.43. The van der Waals surface area contributed by atoms with Crippen molar-refractivity contribution in [1.29, 1.82) is 0 Å². The number of hydrogen-bond acceptors (Lipinski definition) is 5. The zero-order valence-corrected chi connectivity index (χ0v) is 17.1. The molecule has 4 rings (SSSR count). The van der Waals surface area contributed by atoms with Crippen LogP contribution >= 0.6 is 23.2 Å². The van der Waals surface area contributed by atoms with E-state index in [0.717, 1.165) is 37.0 Å². The molecule has 5 nitrogen and oxygen atoms in total. The van der Waals surface area contributed by atoms with Gasteiger partial charge in [-0.3, -0.25) is 9.78 Å². The number of hydrogen-bond donors (Lipinski definition) is 0. The Labute approximate surface area is 169 Å². The second-order valence-electron chi connectivity index (χ2n) is 6.68. The minimum Gasteiger partial charge on any atom is -0.373 e. The fourth-order valence-electron chi connectivity index (χ4n) is 3.24. The van der Waals surface area contributed by atoms with Gasteiger partial charge in [0, 0.05) is 42.3 Å². The van der Waals surface area contributed by atoms with E-state index in [1.54, 1.807) is 12.4 Å². The Morgan fingerprint density at radius 3 is 2.33 bits per heavy atom. The van der Waals surface area contributed by atoms with Crippen molar-refractivity contribution >= 4 is 29.0 Å². The first-order chi connectivity index (χ1) is 13.1. The molecule has 0 unspecified atom stereocenters. The van der Waals surface area contributed by atoms with Crippen LogP contribution in [0.15, 0.2) is 16.9 Å². The summed E-state index contributed by atoms with van der Waals surface area (Å²) in [7, 11) is 0. The summed E-state index contributed by atoms with van der Waals surface area (Å²) in [5.41, 5.74) is 2.17. The minimum absolute atomic E-state index is 0.0934. The predicted octanol–water partition coefficient (Wildman–Crippen LogP) is 5.98. The molecule has 0 bridgehead atoms. The van der Waals surface area contributed by atoms with Crippen molar-refractivity contribution < 1.29 is 14.1 Å². The zero-order chi connectivity index (χ0) is 19.4. The Morgan fingerprint density at radius 2 is 1.74 bits per heavy atom. The van der Waals surface area contributed by atoms with E-state index in [1.165, 1.54) is 0 Å². The lowest BCUT2D eigenvalue weighted by atomic mass is 9.96. The Morgan fingerprint density at radius 1 is 1.11 bits per heavy atom. The molecule has 0 aromatic carbocycles. The molecule has 2 aliphatic carbocycles. The molecule has 2 fully saturated rings. The molecule has 2 heterocycles. The number of rotatable bonds is 5. The third kappa shape index (κ3) is 4.71. The summed E-state index contributed by atoms with van der Waals surface area (Å²) in [5, 5.41) is 5.11. The fraction of sp³-hybridized carbons (Fsp3) is 0.550. The van der Waals surface area contributed by atoms with Crippen molar-refractivity contribution in [1.82, 2.24) is 10.1 Å². The molecule has 2 aromatic rings. The molecule has 0 radical (unpaired) electrons. The quantitative estimate of drug-likeness (QED) is 0.606. The second-order valence-corrected chi connectivity index (χ2v) is 7.49. The van der Waals surface area contributed by atoms with Crippen LogP contribution in [-0.2, 0) is 16.1 Å². The van der Waals surface area contributed by atoms with Crippen molar-refractivity contribution in [2.75, 3.05) is 0 Å². The van der Waals surface area contributed by atoms with E-state index >= 15 is 0 Å². The number of aromatic nitrogens is 2. The van der Waals surface area contributed by atoms with Crippen LogP contribution in [0.5, 0.6) is 0 Å². The second kappa shape index (κ2) is 9.18. The van der Waals surface area contributed by atoms with Crippen LogP contribution in [0.4, 0.5) is 0 Å². The molecule has 2 aromatic heterocycles. The molecule has 2 saturated carbocycles. The van der Waals surface area contributed by atoms with Crippen LogP contribution < -0.4 is 0 Å². The predicted molar refractivity (Wildman–Crippen MR) is 105 cm³/mol. The van der Waals surface area contributed by atoms with Crippen molar-refractivity contribution in [3.05, 3.63) is 33.8 Å². The van der Waals surface area contributed by atoms with Crippen LogP contribution in [-0.4, -0.2) is 22.0 Å². The zero-order valence-electron chi connectivity index (χ0n) is 15.6. The summed E-state index contributed by atoms with van der Waals surface area (Å²) in [6.45, 7) is 4.39. The van der Waals surface area contributed by atoms with Gasteiger partial charge < -0.3 is 9.26 Å². The van der Waals surface area contributed by atoms with Gasteiger partial charge in [0.25, 0.3) is 0 Å². The van der Waals surface area contributed by atoms with Gasteiger partial charge in [0.15, 0.2) is 0 Å². The summed E-state index contributed by atoms with van der Waals surface area (Å²) in [6.07, 6.45) is 8.11. The third-order valence-corrected chi connectivity index (χ3v) is 5.38. The lowest BCUT2D eigenvalue weighted by Gasteiger charge is -2.21. The SMILES string of the molecule is CC.O=C1CCC(OCc2c(-c3c(Cl)cncc3Cl)noc2C2CC2)CC1. The standard InChI is InChI=1S/C18H18Cl2N2O3.C2H6/c19-14-7-21-8-15(20)16(14)17-13(18(25-22-17)10-1-2-10)9-24-12-5-3-11(23)4-6-12;1-2/h7-8,10,12H,1-6,9H2;1-2H3. The largest absolute Gasteiger partial charge is 0.373 e. The highest BCUT2D eigenvalue weighted by Crippen LogP contribution is 2.46. The Balaban J connectivity index is 0.00000102. The maximum Gasteiger partial charge on any atom is 0.145 e. The van der Waals surface area contributed by atoms with E-state index in [0.29, 0.717) is 52.5 Å². The minimum atomic E-state index is 0.0934. The van der Waals surface area contributed by atoms with Gasteiger partial charge in [0.1, 0.15) is 17.2 Å². The monoisotopic (exact) mass is 410 g/mol. The molecular weight excluding hydrogens is 387 g/mol. The summed E-state index contributed by atoms with van der Waals surface area (Å²) in [5.74, 6) is 1.58. The average Bonchev–Trinajstić information content (AvgIpc) is 3.44. The molecule has 0 saturated heterocycles. The van der Waals surface area contributed by atoms with Gasteiger partial charge in [-0.1, -0.05) is 42.2 Å². The molecule has 7 heteroatoms. The van der Waals surface area contributed by atoms with E-state index < -0.39 is 0 Å². The van der Waals surface area contributed by atoms with Crippen molar-refractivity contribution in [3.8, 4) is 11.3 Å². The molecule has 0 spiro atoms. The first kappa shape index (κ1) is 20.3. The summed E-state index contributed by atoms with van der Waals surface area (Å²) < 4.78 is 11.7. The van der Waals surface area contributed by atoms with E-state index in [2.05, 4.69) is 10.1 Å². The lowest BCUT2D eigenvalue weighted by molar-refractivity contribution is -0.123. The highest BCUT2D eigenvalue weighted by molar-refractivity contribution is 6.38. The molecule has 0 amide bonds. The lowest BCUT2D eigenvalue weighted by Crippen LogP contribution is -2.21. The molecule has 2 aliphatic rings. The smallest absolute Gasteiger partial charge is 0.145 e. The molecule has 27 heavy (non-hydrogen) atoms. The number of ketones is 1. The topological polar surface area (TPSA) is 65.2 Å². The number of Topliss-reactive ketones (excluding diaryl/α,β-unsaturated/α-hetero) is 1. The van der Waals surface area contributed by atoms with Gasteiger partial charge in [-0.05, 0) is 25.7 Å². The highest BCUT2D eigenvalue weighted by atomic mass is 35.5. The van der Waals surface area contributed by atoms with Crippen LogP contribution in [0.2, 0.25) is 10.0 Å². The molecular formula is C20H24Cl2N2O3. The van der Waals surface area contributed by atoms with Gasteiger partial charge in [-0.2, -0.15) is 0 Å². The van der Waals surface area contributed by atoms with Crippen LogP contribution in [0.3, 0.4) is 0 Å². The number of nitrogens with zero attached hydrogens (tertiary/aromatic N) is 2. The number of ether oxygens (including phenoxy) is 1. The number of halogens is 2. The van der Waals surface area contributed by atoms with E-state index in [4.69, 9.17) is 32.5 Å². The summed E-state index contributed by atoms with van der Waals surface area (Å²) in [6, 6.07) is 0. The normalized spacial score (nSPS) is 17.6. The van der Waals surface area contributed by atoms with Gasteiger partial charge >= 0.3 is 0 Å². The number of pyridine rings is 1. The highest BCUT2D eigenvalue weighted by Gasteiger charge is 2.34. The van der Waals surface area contributed by atoms with E-state index in [9.17, 15) is 4.79 Å². The third-order valence-electron chi connectivity index (χ3n) is 4.81. The van der Waals surface area contributed by atoms with Crippen molar-refractivity contribution in [3.63, 3.8) is 0 Å². The maximum atomic E-state index is 11.4. The van der Waals surface area contributed by atoms with Gasteiger partial charge in [0.05, 0.1) is 22.8 Å². The van der Waals surface area contributed by atoms with Crippen LogP contribution in [0.1, 0.15) is 69.6 Å². The molecule has 0 atom stereocenters. The Kier molecular flexibility index (Phi) is 6.90. The van der Waals surface area contributed by atoms with E-state index in [-0.39, 0.29) is 6.10 Å². The van der Waals surface area contributed by atoms with Crippen molar-refractivity contribution in [2.45, 2.75) is 71.0 Å². The molecule has 0 N–H and O–H groups in total. The maximum absolute atomic E-state index is 11.4. The van der Waals surface area contributed by atoms with Crippen LogP contribution in [0, 0.1) is 0 Å². The first-order valence-electron chi connectivity index (χ1n) is 9.54. The first-order valence-corrected chi connectivity index (χ1v) is 10.3. The van der Waals surface area contributed by atoms with Gasteiger partial charge in [0.2, 0.25) is 0 Å². The molecule has 0 aliphatic heterocycles. The Bertz CT molecular complexity index is 772. The molecule has 146 valence electrons. The summed E-state index contributed by atoms with van der Waals surface area (Å²) in [4.78, 5) is 15.4. The van der Waals surface area contributed by atoms with Gasteiger partial charge in [-0.25, -0.2) is 0 Å². The van der Waals surface area contributed by atoms with Gasteiger partial charge in [-0.15, -0.1) is 0 Å². The van der Waals surface area contributed by atoms with Crippen LogP contribution in [0.25, 0.3) is 11.3 Å². The number of carbonyl (C=O) groups is 1. The fourth-order valence-corrected chi connectivity index (χ4v) is 3.79. The van der Waals surface area contributed by atoms with Crippen molar-refractivity contribution in [2.24, 2.45) is 0 Å². The average molecular weight is 411 g/mol. The van der Waals surface area contributed by atoms with E-state index in [1.807, 2.05) is 13.8 Å². The summed E-state index contributed by atoms with van der Waals surface area (Å²) >= 11 is 12.6. The number of carbonyl (C=O) groups excluding carboxylic acids is 1.